The van der Waals surface area contributed by atoms with Gasteiger partial charge in [0.25, 0.3) is 5.91 Å². The predicted octanol–water partition coefficient (Wildman–Crippen LogP) is 1.59. The standard InChI is InChI=1S/C18H27N3O3/c19-10-6-2-1-3-9-17(23)20-11-13-21(14-12-20)18(24)15-7-4-5-8-16(15)22/h4-5,7-8,22H,1-3,6,9-14,19H2. The number of rotatable bonds is 7. The molecule has 0 aromatic heterocycles. The summed E-state index contributed by atoms with van der Waals surface area (Å²) in [5.74, 6) is -0.0159. The number of hydrogen-bond donors (Lipinski definition) is 2. The summed E-state index contributed by atoms with van der Waals surface area (Å²) in [7, 11) is 0. The van der Waals surface area contributed by atoms with Gasteiger partial charge in [-0.05, 0) is 31.5 Å². The highest BCUT2D eigenvalue weighted by molar-refractivity contribution is 5.97. The SMILES string of the molecule is NCCCCCCC(=O)N1CCN(C(=O)c2ccccc2O)CC1. The maximum Gasteiger partial charge on any atom is 0.257 e. The van der Waals surface area contributed by atoms with Gasteiger partial charge in [-0.25, -0.2) is 0 Å². The molecule has 0 radical (unpaired) electrons. The predicted molar refractivity (Wildman–Crippen MR) is 92.7 cm³/mol. The number of carbonyl (C=O) groups is 2. The van der Waals surface area contributed by atoms with Crippen molar-refractivity contribution < 1.29 is 14.7 Å². The van der Waals surface area contributed by atoms with Crippen molar-refractivity contribution in [3.63, 3.8) is 0 Å². The van der Waals surface area contributed by atoms with Crippen molar-refractivity contribution in [2.24, 2.45) is 5.73 Å². The molecule has 0 spiro atoms. The largest absolute Gasteiger partial charge is 0.507 e. The number of benzene rings is 1. The Labute approximate surface area is 143 Å². The minimum absolute atomic E-state index is 0.00140. The first-order valence-corrected chi connectivity index (χ1v) is 8.68. The molecule has 0 bridgehead atoms. The summed E-state index contributed by atoms with van der Waals surface area (Å²) in [6, 6.07) is 6.56. The molecule has 1 aliphatic rings. The van der Waals surface area contributed by atoms with Gasteiger partial charge in [0.15, 0.2) is 0 Å². The second-order valence-corrected chi connectivity index (χ2v) is 6.14. The van der Waals surface area contributed by atoms with Crippen LogP contribution in [-0.2, 0) is 4.79 Å². The summed E-state index contributed by atoms with van der Waals surface area (Å²) in [5.41, 5.74) is 5.77. The second kappa shape index (κ2) is 9.27. The van der Waals surface area contributed by atoms with E-state index in [1.807, 2.05) is 4.90 Å². The minimum atomic E-state index is -0.179. The number of unbranched alkanes of at least 4 members (excludes halogenated alkanes) is 3. The Kier molecular flexibility index (Phi) is 7.06. The van der Waals surface area contributed by atoms with Crippen LogP contribution in [0.2, 0.25) is 0 Å². The van der Waals surface area contributed by atoms with Gasteiger partial charge in [-0.3, -0.25) is 9.59 Å². The molecular weight excluding hydrogens is 306 g/mol. The second-order valence-electron chi connectivity index (χ2n) is 6.14. The fourth-order valence-corrected chi connectivity index (χ4v) is 2.92. The Morgan fingerprint density at radius 1 is 0.958 bits per heavy atom. The van der Waals surface area contributed by atoms with Crippen LogP contribution in [0.1, 0.15) is 42.5 Å². The minimum Gasteiger partial charge on any atom is -0.507 e. The van der Waals surface area contributed by atoms with Crippen molar-refractivity contribution in [3.8, 4) is 5.75 Å². The molecule has 6 heteroatoms. The van der Waals surface area contributed by atoms with Crippen molar-refractivity contribution in [1.29, 1.82) is 0 Å². The molecule has 1 aromatic carbocycles. The highest BCUT2D eigenvalue weighted by atomic mass is 16.3. The number of phenolic OH excluding ortho intramolecular Hbond substituents is 1. The van der Waals surface area contributed by atoms with Gasteiger partial charge in [-0.15, -0.1) is 0 Å². The van der Waals surface area contributed by atoms with Gasteiger partial charge in [0, 0.05) is 32.6 Å². The fourth-order valence-electron chi connectivity index (χ4n) is 2.92. The smallest absolute Gasteiger partial charge is 0.257 e. The van der Waals surface area contributed by atoms with Crippen LogP contribution in [0.25, 0.3) is 0 Å². The molecule has 132 valence electrons. The first-order valence-electron chi connectivity index (χ1n) is 8.68. The Balaban J connectivity index is 1.76. The molecule has 1 aromatic rings. The van der Waals surface area contributed by atoms with Crippen LogP contribution in [-0.4, -0.2) is 59.4 Å². The molecule has 24 heavy (non-hydrogen) atoms. The zero-order chi connectivity index (χ0) is 17.4. The molecule has 2 rings (SSSR count). The summed E-state index contributed by atoms with van der Waals surface area (Å²) >= 11 is 0. The normalized spacial score (nSPS) is 14.7. The number of para-hydroxylation sites is 1. The number of phenols is 1. The van der Waals surface area contributed by atoms with E-state index in [4.69, 9.17) is 5.73 Å². The van der Waals surface area contributed by atoms with Gasteiger partial charge in [0.1, 0.15) is 5.75 Å². The molecule has 6 nitrogen and oxygen atoms in total. The molecule has 0 atom stereocenters. The van der Waals surface area contributed by atoms with Crippen LogP contribution in [0.5, 0.6) is 5.75 Å². The zero-order valence-corrected chi connectivity index (χ0v) is 14.1. The summed E-state index contributed by atoms with van der Waals surface area (Å²) in [5, 5.41) is 9.79. The lowest BCUT2D eigenvalue weighted by Gasteiger charge is -2.35. The Hall–Kier alpha value is -2.08. The van der Waals surface area contributed by atoms with Crippen LogP contribution in [0, 0.1) is 0 Å². The lowest BCUT2D eigenvalue weighted by molar-refractivity contribution is -0.132. The number of nitrogens with two attached hydrogens (primary N) is 1. The van der Waals surface area contributed by atoms with Crippen LogP contribution in [0.15, 0.2) is 24.3 Å². The van der Waals surface area contributed by atoms with Crippen LogP contribution >= 0.6 is 0 Å². The molecule has 0 saturated carbocycles. The number of nitrogens with zero attached hydrogens (tertiary/aromatic N) is 2. The van der Waals surface area contributed by atoms with Gasteiger partial charge in [-0.2, -0.15) is 0 Å². The van der Waals surface area contributed by atoms with E-state index < -0.39 is 0 Å². The number of aromatic hydroxyl groups is 1. The average molecular weight is 333 g/mol. The Morgan fingerprint density at radius 2 is 1.58 bits per heavy atom. The molecule has 0 unspecified atom stereocenters. The van der Waals surface area contributed by atoms with E-state index >= 15 is 0 Å². The Bertz CT molecular complexity index is 554. The number of piperazine rings is 1. The molecule has 1 aliphatic heterocycles. The van der Waals surface area contributed by atoms with Gasteiger partial charge < -0.3 is 20.6 Å². The topological polar surface area (TPSA) is 86.9 Å². The lowest BCUT2D eigenvalue weighted by Crippen LogP contribution is -2.50. The number of hydrogen-bond acceptors (Lipinski definition) is 4. The summed E-state index contributed by atoms with van der Waals surface area (Å²) < 4.78 is 0. The zero-order valence-electron chi connectivity index (χ0n) is 14.1. The summed E-state index contributed by atoms with van der Waals surface area (Å²) in [4.78, 5) is 28.1. The maximum absolute atomic E-state index is 12.4. The third-order valence-electron chi connectivity index (χ3n) is 4.40. The molecule has 1 saturated heterocycles. The summed E-state index contributed by atoms with van der Waals surface area (Å²) in [6.07, 6.45) is 4.59. The van der Waals surface area contributed by atoms with Crippen molar-refractivity contribution in [1.82, 2.24) is 9.80 Å². The van der Waals surface area contributed by atoms with E-state index in [1.165, 1.54) is 6.07 Å². The van der Waals surface area contributed by atoms with E-state index in [-0.39, 0.29) is 17.6 Å². The van der Waals surface area contributed by atoms with Crippen molar-refractivity contribution in [2.45, 2.75) is 32.1 Å². The number of carbonyl (C=O) groups excluding carboxylic acids is 2. The van der Waals surface area contributed by atoms with E-state index in [9.17, 15) is 14.7 Å². The fraction of sp³-hybridized carbons (Fsp3) is 0.556. The molecular formula is C18H27N3O3. The van der Waals surface area contributed by atoms with Crippen LogP contribution < -0.4 is 5.73 Å². The lowest BCUT2D eigenvalue weighted by atomic mass is 10.1. The molecule has 1 fully saturated rings. The first kappa shape index (κ1) is 18.3. The van der Waals surface area contributed by atoms with Gasteiger partial charge in [0.05, 0.1) is 5.56 Å². The van der Waals surface area contributed by atoms with Gasteiger partial charge >= 0.3 is 0 Å². The molecule has 2 amide bonds. The number of amides is 2. The molecule has 0 aliphatic carbocycles. The van der Waals surface area contributed by atoms with Crippen molar-refractivity contribution in [3.05, 3.63) is 29.8 Å². The van der Waals surface area contributed by atoms with E-state index in [0.717, 1.165) is 25.7 Å². The highest BCUT2D eigenvalue weighted by Crippen LogP contribution is 2.19. The van der Waals surface area contributed by atoms with Crippen molar-refractivity contribution >= 4 is 11.8 Å². The quantitative estimate of drug-likeness (QED) is 0.742. The molecule has 1 heterocycles. The third kappa shape index (κ3) is 4.96. The summed E-state index contributed by atoms with van der Waals surface area (Å²) in [6.45, 7) is 2.83. The average Bonchev–Trinajstić information content (AvgIpc) is 2.61. The molecule has 3 N–H and O–H groups in total. The van der Waals surface area contributed by atoms with Gasteiger partial charge in [0.2, 0.25) is 5.91 Å². The van der Waals surface area contributed by atoms with E-state index in [1.54, 1.807) is 23.1 Å². The first-order chi connectivity index (χ1) is 11.6. The van der Waals surface area contributed by atoms with Gasteiger partial charge in [-0.1, -0.05) is 25.0 Å². The van der Waals surface area contributed by atoms with Crippen LogP contribution in [0.3, 0.4) is 0 Å². The Morgan fingerprint density at radius 3 is 2.25 bits per heavy atom. The third-order valence-corrected chi connectivity index (χ3v) is 4.40. The monoisotopic (exact) mass is 333 g/mol. The van der Waals surface area contributed by atoms with Crippen molar-refractivity contribution in [2.75, 3.05) is 32.7 Å². The van der Waals surface area contributed by atoms with E-state index in [0.29, 0.717) is 44.7 Å². The highest BCUT2D eigenvalue weighted by Gasteiger charge is 2.25. The maximum atomic E-state index is 12.4. The van der Waals surface area contributed by atoms with Crippen LogP contribution in [0.4, 0.5) is 0 Å². The van der Waals surface area contributed by atoms with E-state index in [2.05, 4.69) is 0 Å².